The average molecular weight is 429 g/mol. The highest BCUT2D eigenvalue weighted by Gasteiger charge is 2.35. The molecule has 0 bridgehead atoms. The summed E-state index contributed by atoms with van der Waals surface area (Å²) in [6.07, 6.45) is 2.31. The minimum absolute atomic E-state index is 0.133. The quantitative estimate of drug-likeness (QED) is 0.671. The van der Waals surface area contributed by atoms with Crippen molar-refractivity contribution in [1.29, 1.82) is 0 Å². The number of nitrogens with zero attached hydrogens (tertiary/aromatic N) is 3. The number of rotatable bonds is 5. The third-order valence-electron chi connectivity index (χ3n) is 5.64. The van der Waals surface area contributed by atoms with Gasteiger partial charge in [0.15, 0.2) is 0 Å². The molecule has 1 aliphatic rings. The van der Waals surface area contributed by atoms with E-state index in [1.54, 1.807) is 36.1 Å². The number of ether oxygens (including phenoxy) is 1. The Hall–Kier alpha value is -2.91. The molecule has 0 aliphatic carbocycles. The summed E-state index contributed by atoms with van der Waals surface area (Å²) in [7, 11) is 1.24. The lowest BCUT2D eigenvalue weighted by atomic mass is 10.0. The van der Waals surface area contributed by atoms with E-state index in [1.165, 1.54) is 11.4 Å². The van der Waals surface area contributed by atoms with Gasteiger partial charge in [0.05, 0.1) is 29.6 Å². The monoisotopic (exact) mass is 428 g/mol. The normalized spacial score (nSPS) is 17.4. The number of sulfonamides is 1. The summed E-state index contributed by atoms with van der Waals surface area (Å²) in [5, 5.41) is 7.88. The van der Waals surface area contributed by atoms with E-state index < -0.39 is 10.0 Å². The molecular formula is C21H24N4O4S. The molecule has 30 heavy (non-hydrogen) atoms. The first-order chi connectivity index (χ1) is 14.3. The van der Waals surface area contributed by atoms with Crippen LogP contribution in [0, 0.1) is 5.92 Å². The number of benzene rings is 2. The summed E-state index contributed by atoms with van der Waals surface area (Å²) in [5.74, 6) is 0.0161. The highest BCUT2D eigenvalue weighted by atomic mass is 32.2. The van der Waals surface area contributed by atoms with Gasteiger partial charge in [-0.25, -0.2) is 8.42 Å². The standard InChI is InChI=1S/C21H24N4O4S/c1-22-21(26)16-8-9-25(13-16)30(27,28)17-6-7-18(20(11-17)29-3)14-4-5-15-12-23-24(2)19(15)10-14/h4-7,10-12,16H,8-9,13H2,1-3H3,(H,22,26). The van der Waals surface area contributed by atoms with Crippen LogP contribution in [-0.2, 0) is 21.9 Å². The number of hydrogen-bond acceptors (Lipinski definition) is 5. The molecule has 1 saturated heterocycles. The first kappa shape index (κ1) is 20.4. The van der Waals surface area contributed by atoms with Gasteiger partial charge >= 0.3 is 0 Å². The Labute approximate surface area is 175 Å². The van der Waals surface area contributed by atoms with Crippen LogP contribution in [0.1, 0.15) is 6.42 Å². The summed E-state index contributed by atoms with van der Waals surface area (Å²) in [5.41, 5.74) is 2.68. The summed E-state index contributed by atoms with van der Waals surface area (Å²) in [6.45, 7) is 0.505. The largest absolute Gasteiger partial charge is 0.496 e. The van der Waals surface area contributed by atoms with Crippen molar-refractivity contribution in [3.05, 3.63) is 42.6 Å². The molecule has 3 aromatic rings. The molecule has 1 amide bonds. The van der Waals surface area contributed by atoms with Crippen LogP contribution in [0.15, 0.2) is 47.5 Å². The second-order valence-corrected chi connectivity index (χ2v) is 9.30. The zero-order chi connectivity index (χ0) is 21.5. The maximum absolute atomic E-state index is 13.1. The maximum atomic E-state index is 13.1. The van der Waals surface area contributed by atoms with Crippen LogP contribution in [0.4, 0.5) is 0 Å². The van der Waals surface area contributed by atoms with Gasteiger partial charge in [0, 0.05) is 44.2 Å². The fraction of sp³-hybridized carbons (Fsp3) is 0.333. The fourth-order valence-corrected chi connectivity index (χ4v) is 5.41. The Morgan fingerprint density at radius 3 is 2.77 bits per heavy atom. The zero-order valence-corrected chi connectivity index (χ0v) is 17.9. The van der Waals surface area contributed by atoms with E-state index in [0.29, 0.717) is 18.7 Å². The minimum Gasteiger partial charge on any atom is -0.496 e. The molecule has 1 N–H and O–H groups in total. The number of carbonyl (C=O) groups excluding carboxylic acids is 1. The predicted octanol–water partition coefficient (Wildman–Crippen LogP) is 2.01. The molecule has 1 unspecified atom stereocenters. The molecule has 1 aliphatic heterocycles. The second kappa shape index (κ2) is 7.73. The topological polar surface area (TPSA) is 93.5 Å². The number of aromatic nitrogens is 2. The van der Waals surface area contributed by atoms with Gasteiger partial charge in [-0.15, -0.1) is 0 Å². The van der Waals surface area contributed by atoms with Gasteiger partial charge in [-0.3, -0.25) is 9.48 Å². The van der Waals surface area contributed by atoms with Gasteiger partial charge in [0.2, 0.25) is 15.9 Å². The van der Waals surface area contributed by atoms with E-state index in [0.717, 1.165) is 22.0 Å². The van der Waals surface area contributed by atoms with Crippen LogP contribution in [0.2, 0.25) is 0 Å². The van der Waals surface area contributed by atoms with Crippen molar-refractivity contribution in [2.45, 2.75) is 11.3 Å². The Balaban J connectivity index is 1.68. The Bertz CT molecular complexity index is 1220. The Morgan fingerprint density at radius 1 is 1.23 bits per heavy atom. The van der Waals surface area contributed by atoms with Gasteiger partial charge in [0.25, 0.3) is 0 Å². The molecule has 1 fully saturated rings. The van der Waals surface area contributed by atoms with Crippen molar-refractivity contribution in [3.8, 4) is 16.9 Å². The van der Waals surface area contributed by atoms with E-state index in [1.807, 2.05) is 25.2 Å². The molecule has 0 radical (unpaired) electrons. The first-order valence-corrected chi connectivity index (χ1v) is 11.1. The fourth-order valence-electron chi connectivity index (χ4n) is 3.90. The van der Waals surface area contributed by atoms with Crippen molar-refractivity contribution in [2.75, 3.05) is 27.2 Å². The number of methoxy groups -OCH3 is 1. The van der Waals surface area contributed by atoms with Gasteiger partial charge < -0.3 is 10.1 Å². The first-order valence-electron chi connectivity index (χ1n) is 9.67. The third kappa shape index (κ3) is 3.44. The average Bonchev–Trinajstić information content (AvgIpc) is 3.40. The molecule has 8 nitrogen and oxygen atoms in total. The van der Waals surface area contributed by atoms with Crippen molar-refractivity contribution < 1.29 is 17.9 Å². The smallest absolute Gasteiger partial charge is 0.243 e. The number of nitrogens with one attached hydrogen (secondary N) is 1. The van der Waals surface area contributed by atoms with Crippen molar-refractivity contribution in [3.63, 3.8) is 0 Å². The molecule has 1 atom stereocenters. The molecule has 2 heterocycles. The number of fused-ring (bicyclic) bond motifs is 1. The number of hydrogen-bond donors (Lipinski definition) is 1. The van der Waals surface area contributed by atoms with Gasteiger partial charge in [-0.2, -0.15) is 9.40 Å². The van der Waals surface area contributed by atoms with E-state index in [-0.39, 0.29) is 23.3 Å². The summed E-state index contributed by atoms with van der Waals surface area (Å²) < 4.78 is 34.9. The van der Waals surface area contributed by atoms with E-state index >= 15 is 0 Å². The zero-order valence-electron chi connectivity index (χ0n) is 17.1. The van der Waals surface area contributed by atoms with Gasteiger partial charge in [-0.1, -0.05) is 12.1 Å². The lowest BCUT2D eigenvalue weighted by Crippen LogP contribution is -2.33. The Morgan fingerprint density at radius 2 is 2.03 bits per heavy atom. The summed E-state index contributed by atoms with van der Waals surface area (Å²) in [6, 6.07) is 10.8. The second-order valence-electron chi connectivity index (χ2n) is 7.37. The van der Waals surface area contributed by atoms with E-state index in [9.17, 15) is 13.2 Å². The molecule has 4 rings (SSSR count). The van der Waals surface area contributed by atoms with Crippen LogP contribution in [0.5, 0.6) is 5.75 Å². The van der Waals surface area contributed by atoms with Gasteiger partial charge in [0.1, 0.15) is 5.75 Å². The van der Waals surface area contributed by atoms with Crippen LogP contribution in [0.3, 0.4) is 0 Å². The molecule has 9 heteroatoms. The Kier molecular flexibility index (Phi) is 5.25. The number of aryl methyl sites for hydroxylation is 1. The van der Waals surface area contributed by atoms with Crippen LogP contribution >= 0.6 is 0 Å². The predicted molar refractivity (Wildman–Crippen MR) is 114 cm³/mol. The molecule has 2 aromatic carbocycles. The highest BCUT2D eigenvalue weighted by molar-refractivity contribution is 7.89. The highest BCUT2D eigenvalue weighted by Crippen LogP contribution is 2.35. The van der Waals surface area contributed by atoms with Crippen molar-refractivity contribution >= 4 is 26.8 Å². The maximum Gasteiger partial charge on any atom is 0.243 e. The number of carbonyl (C=O) groups is 1. The molecule has 0 spiro atoms. The van der Waals surface area contributed by atoms with Crippen molar-refractivity contribution in [2.24, 2.45) is 13.0 Å². The summed E-state index contributed by atoms with van der Waals surface area (Å²) in [4.78, 5) is 12.0. The van der Waals surface area contributed by atoms with Crippen LogP contribution in [-0.4, -0.2) is 55.7 Å². The SMILES string of the molecule is CNC(=O)C1CCN(S(=O)(=O)c2ccc(-c3ccc4cnn(C)c4c3)c(OC)c2)C1. The van der Waals surface area contributed by atoms with Crippen molar-refractivity contribution in [1.82, 2.24) is 19.4 Å². The van der Waals surface area contributed by atoms with Gasteiger partial charge in [-0.05, 0) is 30.2 Å². The van der Waals surface area contributed by atoms with Crippen LogP contribution < -0.4 is 10.1 Å². The molecular weight excluding hydrogens is 404 g/mol. The minimum atomic E-state index is -3.72. The molecule has 0 saturated carbocycles. The lowest BCUT2D eigenvalue weighted by molar-refractivity contribution is -0.123. The van der Waals surface area contributed by atoms with E-state index in [2.05, 4.69) is 10.4 Å². The molecule has 158 valence electrons. The molecule has 1 aromatic heterocycles. The lowest BCUT2D eigenvalue weighted by Gasteiger charge is -2.18. The van der Waals surface area contributed by atoms with E-state index in [4.69, 9.17) is 4.74 Å². The number of amides is 1. The van der Waals surface area contributed by atoms with Crippen LogP contribution in [0.25, 0.3) is 22.0 Å². The third-order valence-corrected chi connectivity index (χ3v) is 7.50. The summed E-state index contributed by atoms with van der Waals surface area (Å²) >= 11 is 0.